The van der Waals surface area contributed by atoms with Crippen molar-refractivity contribution < 1.29 is 8.42 Å². The zero-order chi connectivity index (χ0) is 16.8. The fourth-order valence-corrected chi connectivity index (χ4v) is 4.05. The van der Waals surface area contributed by atoms with Gasteiger partial charge < -0.3 is 9.97 Å². The van der Waals surface area contributed by atoms with Crippen molar-refractivity contribution in [2.45, 2.75) is 11.8 Å². The Morgan fingerprint density at radius 1 is 1.04 bits per heavy atom. The largest absolute Gasteiger partial charge is 0.323 e. The molecule has 3 rings (SSSR count). The minimum atomic E-state index is -3.87. The van der Waals surface area contributed by atoms with Gasteiger partial charge >= 0.3 is 5.69 Å². The van der Waals surface area contributed by atoms with Gasteiger partial charge in [-0.3, -0.25) is 4.72 Å². The van der Waals surface area contributed by atoms with E-state index in [9.17, 15) is 13.2 Å². The highest BCUT2D eigenvalue weighted by Gasteiger charge is 2.20. The summed E-state index contributed by atoms with van der Waals surface area (Å²) < 4.78 is 27.5. The summed E-state index contributed by atoms with van der Waals surface area (Å²) >= 11 is 12.1. The van der Waals surface area contributed by atoms with Crippen LogP contribution in [0.25, 0.3) is 11.0 Å². The van der Waals surface area contributed by atoms with Crippen LogP contribution in [0.5, 0.6) is 0 Å². The zero-order valence-electron chi connectivity index (χ0n) is 11.8. The molecule has 0 saturated heterocycles. The predicted octanol–water partition coefficient (Wildman–Crippen LogP) is 3.27. The molecular formula is C14H11Cl2N3O3S. The van der Waals surface area contributed by atoms with E-state index >= 15 is 0 Å². The van der Waals surface area contributed by atoms with Gasteiger partial charge in [-0.15, -0.1) is 0 Å². The highest BCUT2D eigenvalue weighted by molar-refractivity contribution is 7.92. The number of aromatic amines is 2. The molecule has 0 atom stereocenters. The molecule has 0 amide bonds. The number of hydrogen-bond acceptors (Lipinski definition) is 3. The van der Waals surface area contributed by atoms with Crippen molar-refractivity contribution in [2.75, 3.05) is 4.72 Å². The van der Waals surface area contributed by atoms with Gasteiger partial charge in [0.05, 0.1) is 26.6 Å². The number of benzene rings is 2. The van der Waals surface area contributed by atoms with Crippen molar-refractivity contribution in [1.29, 1.82) is 0 Å². The Hall–Kier alpha value is -1.96. The molecule has 0 aliphatic heterocycles. The van der Waals surface area contributed by atoms with E-state index in [4.69, 9.17) is 23.2 Å². The smallest absolute Gasteiger partial charge is 0.306 e. The molecule has 0 bridgehead atoms. The molecule has 1 heterocycles. The van der Waals surface area contributed by atoms with Crippen LogP contribution in [-0.4, -0.2) is 18.4 Å². The second kappa shape index (κ2) is 5.59. The van der Waals surface area contributed by atoms with Gasteiger partial charge in [-0.25, -0.2) is 13.2 Å². The average Bonchev–Trinajstić information content (AvgIpc) is 2.81. The third kappa shape index (κ3) is 2.95. The minimum Gasteiger partial charge on any atom is -0.306 e. The molecule has 0 spiro atoms. The summed E-state index contributed by atoms with van der Waals surface area (Å²) in [6.07, 6.45) is 0. The van der Waals surface area contributed by atoms with Crippen LogP contribution in [0.15, 0.2) is 40.0 Å². The Labute approximate surface area is 141 Å². The van der Waals surface area contributed by atoms with Gasteiger partial charge in [0.2, 0.25) is 0 Å². The Kier molecular flexibility index (Phi) is 3.87. The van der Waals surface area contributed by atoms with Gasteiger partial charge in [-0.1, -0.05) is 29.3 Å². The van der Waals surface area contributed by atoms with Crippen molar-refractivity contribution in [3.8, 4) is 0 Å². The fraction of sp³-hybridized carbons (Fsp3) is 0.0714. The second-order valence-electron chi connectivity index (χ2n) is 4.93. The minimum absolute atomic E-state index is 0.0590. The molecule has 0 fully saturated rings. The SMILES string of the molecule is Cc1c(Cl)cccc1S(=O)(=O)Nc1cc2[nH]c(=O)[nH]c2cc1Cl. The summed E-state index contributed by atoms with van der Waals surface area (Å²) in [6.45, 7) is 1.62. The van der Waals surface area contributed by atoms with Gasteiger partial charge in [0, 0.05) is 5.02 Å². The number of imidazole rings is 1. The summed E-state index contributed by atoms with van der Waals surface area (Å²) in [5.41, 5.74) is 1.13. The first-order valence-electron chi connectivity index (χ1n) is 6.47. The maximum Gasteiger partial charge on any atom is 0.323 e. The average molecular weight is 372 g/mol. The van der Waals surface area contributed by atoms with E-state index in [2.05, 4.69) is 14.7 Å². The quantitative estimate of drug-likeness (QED) is 0.659. The Morgan fingerprint density at radius 2 is 1.70 bits per heavy atom. The molecule has 3 N–H and O–H groups in total. The Bertz CT molecular complexity index is 1070. The maximum atomic E-state index is 12.6. The molecule has 6 nitrogen and oxygen atoms in total. The Morgan fingerprint density at radius 3 is 2.39 bits per heavy atom. The molecule has 1 aromatic heterocycles. The van der Waals surface area contributed by atoms with E-state index in [1.165, 1.54) is 18.2 Å². The van der Waals surface area contributed by atoms with Gasteiger partial charge in [-0.2, -0.15) is 0 Å². The van der Waals surface area contributed by atoms with Crippen molar-refractivity contribution in [3.63, 3.8) is 0 Å². The monoisotopic (exact) mass is 371 g/mol. The Balaban J connectivity index is 2.08. The highest BCUT2D eigenvalue weighted by Crippen LogP contribution is 2.30. The number of anilines is 1. The first-order chi connectivity index (χ1) is 10.8. The van der Waals surface area contributed by atoms with Gasteiger partial charge in [0.1, 0.15) is 0 Å². The molecular weight excluding hydrogens is 361 g/mol. The molecule has 0 aliphatic carbocycles. The molecule has 23 heavy (non-hydrogen) atoms. The molecule has 0 unspecified atom stereocenters. The molecule has 3 aromatic rings. The van der Waals surface area contributed by atoms with Crippen molar-refractivity contribution in [2.24, 2.45) is 0 Å². The van der Waals surface area contributed by atoms with E-state index < -0.39 is 15.7 Å². The first kappa shape index (κ1) is 15.9. The number of rotatable bonds is 3. The van der Waals surface area contributed by atoms with Crippen LogP contribution in [0.3, 0.4) is 0 Å². The predicted molar refractivity (Wildman–Crippen MR) is 90.9 cm³/mol. The number of sulfonamides is 1. The molecule has 0 saturated carbocycles. The van der Waals surface area contributed by atoms with Crippen molar-refractivity contribution >= 4 is 49.9 Å². The van der Waals surface area contributed by atoms with E-state index in [-0.39, 0.29) is 15.6 Å². The normalized spacial score (nSPS) is 11.8. The molecule has 9 heteroatoms. The summed E-state index contributed by atoms with van der Waals surface area (Å²) in [6, 6.07) is 7.54. The highest BCUT2D eigenvalue weighted by atomic mass is 35.5. The fourth-order valence-electron chi connectivity index (χ4n) is 2.21. The van der Waals surface area contributed by atoms with E-state index in [0.717, 1.165) is 0 Å². The van der Waals surface area contributed by atoms with Crippen LogP contribution in [0.4, 0.5) is 5.69 Å². The maximum absolute atomic E-state index is 12.6. The first-order valence-corrected chi connectivity index (χ1v) is 8.71. The zero-order valence-corrected chi connectivity index (χ0v) is 14.1. The van der Waals surface area contributed by atoms with E-state index in [1.54, 1.807) is 19.1 Å². The number of aromatic nitrogens is 2. The lowest BCUT2D eigenvalue weighted by Crippen LogP contribution is -2.14. The summed E-state index contributed by atoms with van der Waals surface area (Å²) in [5.74, 6) is 0. The third-order valence-corrected chi connectivity index (χ3v) is 5.59. The molecule has 2 aromatic carbocycles. The van der Waals surface area contributed by atoms with E-state index in [0.29, 0.717) is 21.6 Å². The topological polar surface area (TPSA) is 94.8 Å². The number of hydrogen-bond donors (Lipinski definition) is 3. The van der Waals surface area contributed by atoms with Crippen LogP contribution in [-0.2, 0) is 10.0 Å². The van der Waals surface area contributed by atoms with Crippen molar-refractivity contribution in [3.05, 3.63) is 56.4 Å². The van der Waals surface area contributed by atoms with Gasteiger partial charge in [0.25, 0.3) is 10.0 Å². The van der Waals surface area contributed by atoms with Crippen LogP contribution in [0.1, 0.15) is 5.56 Å². The van der Waals surface area contributed by atoms with Crippen LogP contribution in [0, 0.1) is 6.92 Å². The molecule has 0 aliphatic rings. The van der Waals surface area contributed by atoms with Gasteiger partial charge in [0.15, 0.2) is 0 Å². The van der Waals surface area contributed by atoms with Gasteiger partial charge in [-0.05, 0) is 36.8 Å². The van der Waals surface area contributed by atoms with Crippen molar-refractivity contribution in [1.82, 2.24) is 9.97 Å². The molecule has 120 valence electrons. The summed E-state index contributed by atoms with van der Waals surface area (Å²) in [7, 11) is -3.87. The summed E-state index contributed by atoms with van der Waals surface area (Å²) in [4.78, 5) is 16.4. The third-order valence-electron chi connectivity index (χ3n) is 3.36. The lowest BCUT2D eigenvalue weighted by Gasteiger charge is -2.12. The van der Waals surface area contributed by atoms with Crippen LogP contribution in [0.2, 0.25) is 10.0 Å². The number of H-pyrrole nitrogens is 2. The lowest BCUT2D eigenvalue weighted by atomic mass is 10.2. The standard InChI is InChI=1S/C14H11Cl2N3O3S/c1-7-8(15)3-2-4-13(7)23(21,22)19-10-6-12-11(5-9(10)16)17-14(20)18-12/h2-6,19H,1H3,(H2,17,18,20). The lowest BCUT2D eigenvalue weighted by molar-refractivity contribution is 0.600. The van der Waals surface area contributed by atoms with Crippen LogP contribution >= 0.6 is 23.2 Å². The molecule has 0 radical (unpaired) electrons. The number of nitrogens with one attached hydrogen (secondary N) is 3. The number of halogens is 2. The summed E-state index contributed by atoms with van der Waals surface area (Å²) in [5, 5.41) is 0.514. The van der Waals surface area contributed by atoms with Crippen LogP contribution < -0.4 is 10.4 Å². The number of fused-ring (bicyclic) bond motifs is 1. The van der Waals surface area contributed by atoms with E-state index in [1.807, 2.05) is 0 Å². The second-order valence-corrected chi connectivity index (χ2v) is 7.39.